The van der Waals surface area contributed by atoms with Crippen LogP contribution in [0, 0.1) is 5.41 Å². The summed E-state index contributed by atoms with van der Waals surface area (Å²) in [6.07, 6.45) is -1.04. The molecule has 0 spiro atoms. The van der Waals surface area contributed by atoms with E-state index in [-0.39, 0.29) is 31.3 Å². The molecular weight excluding hydrogens is 535 g/mol. The lowest BCUT2D eigenvalue weighted by Crippen LogP contribution is -2.45. The number of thioether (sulfide) groups is 1. The zero-order valence-corrected chi connectivity index (χ0v) is 22.7. The molecule has 15 heteroatoms. The molecule has 0 aromatic carbocycles. The van der Waals surface area contributed by atoms with E-state index in [9.17, 15) is 18.0 Å². The minimum absolute atomic E-state index is 0.0819. The number of alkyl halides is 3. The monoisotopic (exact) mass is 565 g/mol. The first kappa shape index (κ1) is 27.2. The minimum atomic E-state index is -4.45. The lowest BCUT2D eigenvalue weighted by molar-refractivity contribution is -0.169. The number of anilines is 4. The summed E-state index contributed by atoms with van der Waals surface area (Å²) in [6, 6.07) is -2.34. The quantitative estimate of drug-likeness (QED) is 0.412. The van der Waals surface area contributed by atoms with Crippen molar-refractivity contribution in [2.24, 2.45) is 0 Å². The van der Waals surface area contributed by atoms with E-state index in [0.29, 0.717) is 35.3 Å². The molecule has 5 heterocycles. The summed E-state index contributed by atoms with van der Waals surface area (Å²) in [4.78, 5) is 36.1. The number of hydrogen-bond donors (Lipinski definition) is 2. The molecule has 0 unspecified atom stereocenters. The van der Waals surface area contributed by atoms with E-state index in [1.165, 1.54) is 4.90 Å². The summed E-state index contributed by atoms with van der Waals surface area (Å²) >= 11 is 1.88. The number of rotatable bonds is 5. The molecule has 2 aromatic rings. The van der Waals surface area contributed by atoms with Gasteiger partial charge in [-0.2, -0.15) is 24.9 Å². The van der Waals surface area contributed by atoms with Gasteiger partial charge in [0.25, 0.3) is 6.02 Å². The predicted molar refractivity (Wildman–Crippen MR) is 142 cm³/mol. The number of nitrogens with one attached hydrogen (secondary N) is 2. The summed E-state index contributed by atoms with van der Waals surface area (Å²) in [5, 5.41) is 11.1. The fourth-order valence-corrected chi connectivity index (χ4v) is 6.02. The van der Waals surface area contributed by atoms with Gasteiger partial charge in [-0.25, -0.2) is 19.9 Å². The van der Waals surface area contributed by atoms with Gasteiger partial charge in [0, 0.05) is 38.2 Å². The van der Waals surface area contributed by atoms with Crippen LogP contribution < -0.4 is 15.1 Å². The van der Waals surface area contributed by atoms with Gasteiger partial charge in [0.2, 0.25) is 11.9 Å². The second-order valence-corrected chi connectivity index (χ2v) is 11.3. The van der Waals surface area contributed by atoms with Gasteiger partial charge in [-0.3, -0.25) is 15.1 Å². The summed E-state index contributed by atoms with van der Waals surface area (Å²) in [5.41, 5.74) is 0.0351. The lowest BCUT2D eigenvalue weighted by atomic mass is 9.87. The van der Waals surface area contributed by atoms with E-state index in [0.717, 1.165) is 29.5 Å². The van der Waals surface area contributed by atoms with Gasteiger partial charge < -0.3 is 19.9 Å². The summed E-state index contributed by atoms with van der Waals surface area (Å²) in [5.74, 6) is 3.17. The maximum absolute atomic E-state index is 13.6. The second kappa shape index (κ2) is 10.3. The number of aromatic nitrogens is 4. The molecule has 2 saturated heterocycles. The molecule has 2 aromatic heterocycles. The van der Waals surface area contributed by atoms with Crippen molar-refractivity contribution in [3.8, 4) is 0 Å². The molecule has 0 saturated carbocycles. The highest BCUT2D eigenvalue weighted by atomic mass is 32.2. The highest BCUT2D eigenvalue weighted by molar-refractivity contribution is 7.99. The highest BCUT2D eigenvalue weighted by Gasteiger charge is 2.49. The van der Waals surface area contributed by atoms with Crippen LogP contribution in [0.25, 0.3) is 0 Å². The van der Waals surface area contributed by atoms with Gasteiger partial charge in [-0.15, -0.1) is 0 Å². The average Bonchev–Trinajstić information content (AvgIpc) is 3.50. The van der Waals surface area contributed by atoms with Crippen LogP contribution in [0.3, 0.4) is 0 Å². The highest BCUT2D eigenvalue weighted by Crippen LogP contribution is 2.47. The first-order chi connectivity index (χ1) is 18.5. The Bertz CT molecular complexity index is 1250. The van der Waals surface area contributed by atoms with Gasteiger partial charge in [0.15, 0.2) is 12.4 Å². The SMILES string of the molecule is CNc1nc(COC(=N)N2CCC[C@H]2C(F)(F)F)nc2c1C(C)(C)C(=O)N2c1cnc(N2CCSCC2)nc1. The normalized spacial score (nSPS) is 20.8. The Hall–Kier alpha value is -3.36. The molecule has 0 aliphatic carbocycles. The first-order valence-electron chi connectivity index (χ1n) is 12.7. The molecule has 5 rings (SSSR count). The second-order valence-electron chi connectivity index (χ2n) is 10.0. The van der Waals surface area contributed by atoms with Crippen LogP contribution >= 0.6 is 11.8 Å². The number of likely N-dealkylation sites (tertiary alicyclic amines) is 1. The maximum atomic E-state index is 13.6. The minimum Gasteiger partial charge on any atom is -0.457 e. The van der Waals surface area contributed by atoms with Crippen LogP contribution in [0.5, 0.6) is 0 Å². The van der Waals surface area contributed by atoms with E-state index in [4.69, 9.17) is 10.1 Å². The van der Waals surface area contributed by atoms with Gasteiger partial charge in [-0.1, -0.05) is 0 Å². The molecule has 3 aliphatic heterocycles. The van der Waals surface area contributed by atoms with Crippen molar-refractivity contribution in [2.45, 2.75) is 50.9 Å². The van der Waals surface area contributed by atoms with Crippen LogP contribution in [0.2, 0.25) is 0 Å². The zero-order chi connectivity index (χ0) is 27.9. The Morgan fingerprint density at radius 3 is 2.54 bits per heavy atom. The van der Waals surface area contributed by atoms with Crippen molar-refractivity contribution in [1.82, 2.24) is 24.8 Å². The third-order valence-corrected chi connectivity index (χ3v) is 8.10. The Morgan fingerprint density at radius 1 is 1.21 bits per heavy atom. The fourth-order valence-electron chi connectivity index (χ4n) is 5.12. The number of amidine groups is 1. The molecule has 1 amide bonds. The molecule has 0 radical (unpaired) electrons. The smallest absolute Gasteiger partial charge is 0.408 e. The van der Waals surface area contributed by atoms with Crippen LogP contribution in [-0.2, 0) is 21.6 Å². The van der Waals surface area contributed by atoms with Gasteiger partial charge >= 0.3 is 6.18 Å². The number of ether oxygens (including phenoxy) is 1. The molecule has 3 aliphatic rings. The van der Waals surface area contributed by atoms with Gasteiger partial charge in [0.05, 0.1) is 29.1 Å². The van der Waals surface area contributed by atoms with E-state index < -0.39 is 23.7 Å². The van der Waals surface area contributed by atoms with Crippen molar-refractivity contribution in [3.63, 3.8) is 0 Å². The summed E-state index contributed by atoms with van der Waals surface area (Å²) < 4.78 is 45.5. The van der Waals surface area contributed by atoms with Crippen molar-refractivity contribution >= 4 is 47.0 Å². The van der Waals surface area contributed by atoms with Crippen molar-refractivity contribution in [2.75, 3.05) is 53.3 Å². The fraction of sp³-hybridized carbons (Fsp3) is 0.583. The maximum Gasteiger partial charge on any atom is 0.408 e. The van der Waals surface area contributed by atoms with E-state index in [2.05, 4.69) is 30.2 Å². The van der Waals surface area contributed by atoms with Crippen molar-refractivity contribution in [3.05, 3.63) is 23.8 Å². The third-order valence-electron chi connectivity index (χ3n) is 7.15. The molecule has 1 atom stereocenters. The number of hydrogen-bond acceptors (Lipinski definition) is 10. The lowest BCUT2D eigenvalue weighted by Gasteiger charge is -2.27. The standard InChI is InChI=1S/C24H30F3N9O2S/c1-23(2)17-18(29-3)32-16(13-38-21(28)35-6-4-5-15(35)24(25,26)27)33-19(17)36(20(23)37)14-11-30-22(31-12-14)34-7-9-39-10-8-34/h11-12,15,28H,4-10,13H2,1-3H3,(H,29,32,33)/t15-/m0/s1. The van der Waals surface area contributed by atoms with E-state index in [1.54, 1.807) is 33.3 Å². The molecular formula is C24H30F3N9O2S. The Labute approximate surface area is 228 Å². The predicted octanol–water partition coefficient (Wildman–Crippen LogP) is 3.30. The van der Waals surface area contributed by atoms with Crippen molar-refractivity contribution in [1.29, 1.82) is 5.41 Å². The van der Waals surface area contributed by atoms with Crippen molar-refractivity contribution < 1.29 is 22.7 Å². The molecule has 0 bridgehead atoms. The number of halogens is 3. The molecule has 39 heavy (non-hydrogen) atoms. The summed E-state index contributed by atoms with van der Waals surface area (Å²) in [7, 11) is 1.66. The Morgan fingerprint density at radius 2 is 1.90 bits per heavy atom. The van der Waals surface area contributed by atoms with Gasteiger partial charge in [0.1, 0.15) is 17.7 Å². The number of amides is 1. The molecule has 2 N–H and O–H groups in total. The van der Waals surface area contributed by atoms with Crippen LogP contribution in [0.4, 0.5) is 36.4 Å². The number of fused-ring (bicyclic) bond motifs is 1. The third kappa shape index (κ3) is 5.03. The Kier molecular flexibility index (Phi) is 7.20. The number of carbonyl (C=O) groups is 1. The summed E-state index contributed by atoms with van der Waals surface area (Å²) in [6.45, 7) is 4.98. The first-order valence-corrected chi connectivity index (χ1v) is 13.8. The zero-order valence-electron chi connectivity index (χ0n) is 21.9. The molecule has 2 fully saturated rings. The Balaban J connectivity index is 1.42. The molecule has 210 valence electrons. The van der Waals surface area contributed by atoms with Crippen LogP contribution in [-0.4, -0.2) is 87.2 Å². The van der Waals surface area contributed by atoms with Crippen LogP contribution in [0.1, 0.15) is 38.1 Å². The number of nitrogens with zero attached hydrogens (tertiary/aromatic N) is 7. The largest absolute Gasteiger partial charge is 0.457 e. The number of carbonyl (C=O) groups excluding carboxylic acids is 1. The van der Waals surface area contributed by atoms with Gasteiger partial charge in [-0.05, 0) is 26.7 Å². The molecule has 11 nitrogen and oxygen atoms in total. The topological polar surface area (TPSA) is 123 Å². The van der Waals surface area contributed by atoms with E-state index >= 15 is 0 Å². The van der Waals surface area contributed by atoms with Crippen LogP contribution in [0.15, 0.2) is 12.4 Å². The van der Waals surface area contributed by atoms with E-state index in [1.807, 2.05) is 11.8 Å². The average molecular weight is 566 g/mol.